The van der Waals surface area contributed by atoms with Crippen molar-refractivity contribution in [3.8, 4) is 0 Å². The van der Waals surface area contributed by atoms with E-state index in [0.29, 0.717) is 18.9 Å². The van der Waals surface area contributed by atoms with Gasteiger partial charge in [-0.1, -0.05) is 24.3 Å². The molecule has 6 heteroatoms. The lowest BCUT2D eigenvalue weighted by molar-refractivity contribution is -0.122. The van der Waals surface area contributed by atoms with Gasteiger partial charge in [0.2, 0.25) is 5.91 Å². The van der Waals surface area contributed by atoms with Gasteiger partial charge >= 0.3 is 0 Å². The fourth-order valence-electron chi connectivity index (χ4n) is 2.64. The van der Waals surface area contributed by atoms with Gasteiger partial charge in [-0.2, -0.15) is 0 Å². The van der Waals surface area contributed by atoms with Gasteiger partial charge in [0.1, 0.15) is 0 Å². The molecule has 22 heavy (non-hydrogen) atoms. The topological polar surface area (TPSA) is 44.4 Å². The van der Waals surface area contributed by atoms with E-state index in [1.807, 2.05) is 12.1 Å². The van der Waals surface area contributed by atoms with Crippen LogP contribution in [0.25, 0.3) is 0 Å². The number of rotatable bonds is 6. The molecular weight excluding hydrogens is 321 g/mol. The molecule has 0 bridgehead atoms. The fraction of sp³-hybridized carbons (Fsp3) is 0.562. The minimum Gasteiger partial charge on any atom is -0.352 e. The quantitative estimate of drug-likeness (QED) is 0.829. The van der Waals surface area contributed by atoms with Crippen molar-refractivity contribution in [3.63, 3.8) is 0 Å². The minimum absolute atomic E-state index is 0. The van der Waals surface area contributed by atoms with Crippen molar-refractivity contribution >= 4 is 30.7 Å². The summed E-state index contributed by atoms with van der Waals surface area (Å²) in [4.78, 5) is 14.1. The Bertz CT molecular complexity index is 449. The maximum Gasteiger partial charge on any atom is 0.220 e. The molecule has 0 aromatic heterocycles. The molecule has 1 aliphatic rings. The van der Waals surface area contributed by atoms with Crippen molar-refractivity contribution in [1.29, 1.82) is 0 Å². The lowest BCUT2D eigenvalue weighted by Gasteiger charge is -2.15. The molecule has 0 saturated carbocycles. The standard InChI is InChI=1S/C16H25N3O.2ClH/c1-19(2)12-15-6-4-3-5-14(15)11-18-16(20)9-13-7-8-17-10-13;;/h3-6,13,17H,7-12H2,1-2H3,(H,18,20);2*1H. The van der Waals surface area contributed by atoms with Gasteiger partial charge in [0.05, 0.1) is 0 Å². The molecule has 0 aliphatic carbocycles. The molecule has 0 radical (unpaired) electrons. The Morgan fingerprint density at radius 1 is 1.27 bits per heavy atom. The number of carbonyl (C=O) groups is 1. The summed E-state index contributed by atoms with van der Waals surface area (Å²) < 4.78 is 0. The lowest BCUT2D eigenvalue weighted by atomic mass is 10.0. The highest BCUT2D eigenvalue weighted by atomic mass is 35.5. The first-order valence-corrected chi connectivity index (χ1v) is 7.34. The zero-order valence-electron chi connectivity index (χ0n) is 13.3. The summed E-state index contributed by atoms with van der Waals surface area (Å²) in [6.45, 7) is 3.55. The molecule has 1 saturated heterocycles. The Labute approximate surface area is 145 Å². The van der Waals surface area contributed by atoms with Gasteiger partial charge in [-0.3, -0.25) is 4.79 Å². The van der Waals surface area contributed by atoms with Crippen molar-refractivity contribution in [2.24, 2.45) is 5.92 Å². The molecule has 1 aromatic rings. The molecule has 2 rings (SSSR count). The molecule has 1 unspecified atom stereocenters. The summed E-state index contributed by atoms with van der Waals surface area (Å²) >= 11 is 0. The first-order chi connectivity index (χ1) is 9.65. The predicted molar refractivity (Wildman–Crippen MR) is 95.8 cm³/mol. The van der Waals surface area contributed by atoms with Gasteiger partial charge < -0.3 is 15.5 Å². The number of benzene rings is 1. The van der Waals surface area contributed by atoms with E-state index in [0.717, 1.165) is 26.1 Å². The Morgan fingerprint density at radius 3 is 2.55 bits per heavy atom. The highest BCUT2D eigenvalue weighted by Crippen LogP contribution is 2.13. The molecule has 0 spiro atoms. The van der Waals surface area contributed by atoms with Gasteiger partial charge in [-0.05, 0) is 50.7 Å². The number of hydrogen-bond acceptors (Lipinski definition) is 3. The number of carbonyl (C=O) groups excluding carboxylic acids is 1. The van der Waals surface area contributed by atoms with Crippen LogP contribution in [0.4, 0.5) is 0 Å². The first kappa shape index (κ1) is 21.2. The monoisotopic (exact) mass is 347 g/mol. The van der Waals surface area contributed by atoms with E-state index in [4.69, 9.17) is 0 Å². The second-order valence-corrected chi connectivity index (χ2v) is 5.85. The van der Waals surface area contributed by atoms with Crippen LogP contribution in [0.2, 0.25) is 0 Å². The van der Waals surface area contributed by atoms with Gasteiger partial charge in [-0.15, -0.1) is 24.8 Å². The molecule has 126 valence electrons. The van der Waals surface area contributed by atoms with Crippen LogP contribution >= 0.6 is 24.8 Å². The van der Waals surface area contributed by atoms with E-state index in [-0.39, 0.29) is 30.7 Å². The summed E-state index contributed by atoms with van der Waals surface area (Å²) in [7, 11) is 4.12. The molecule has 1 aromatic carbocycles. The molecule has 1 fully saturated rings. The third-order valence-electron chi connectivity index (χ3n) is 3.72. The maximum atomic E-state index is 12.0. The average Bonchev–Trinajstić information content (AvgIpc) is 2.90. The Hall–Kier alpha value is -0.810. The number of nitrogens with one attached hydrogen (secondary N) is 2. The second-order valence-electron chi connectivity index (χ2n) is 5.85. The van der Waals surface area contributed by atoms with E-state index in [1.165, 1.54) is 11.1 Å². The van der Waals surface area contributed by atoms with Crippen molar-refractivity contribution in [3.05, 3.63) is 35.4 Å². The van der Waals surface area contributed by atoms with Crippen LogP contribution in [0.3, 0.4) is 0 Å². The van der Waals surface area contributed by atoms with Gasteiger partial charge in [0.25, 0.3) is 0 Å². The summed E-state index contributed by atoms with van der Waals surface area (Å²) in [5.74, 6) is 0.672. The van der Waals surface area contributed by atoms with Crippen LogP contribution in [-0.4, -0.2) is 38.0 Å². The maximum absolute atomic E-state index is 12.0. The lowest BCUT2D eigenvalue weighted by Crippen LogP contribution is -2.26. The zero-order chi connectivity index (χ0) is 14.4. The molecule has 1 heterocycles. The van der Waals surface area contributed by atoms with E-state index >= 15 is 0 Å². The van der Waals surface area contributed by atoms with E-state index in [9.17, 15) is 4.79 Å². The van der Waals surface area contributed by atoms with E-state index in [2.05, 4.69) is 41.8 Å². The van der Waals surface area contributed by atoms with Crippen LogP contribution in [-0.2, 0) is 17.9 Å². The van der Waals surface area contributed by atoms with Crippen LogP contribution in [0, 0.1) is 5.92 Å². The minimum atomic E-state index is 0. The van der Waals surface area contributed by atoms with Crippen molar-refractivity contribution in [2.75, 3.05) is 27.2 Å². The van der Waals surface area contributed by atoms with Gasteiger partial charge in [0, 0.05) is 19.5 Å². The SMILES string of the molecule is CN(C)Cc1ccccc1CNC(=O)CC1CCNC1.Cl.Cl. The number of amides is 1. The summed E-state index contributed by atoms with van der Waals surface area (Å²) in [6.07, 6.45) is 1.76. The van der Waals surface area contributed by atoms with Crippen LogP contribution in [0.15, 0.2) is 24.3 Å². The Morgan fingerprint density at radius 2 is 1.95 bits per heavy atom. The molecule has 4 nitrogen and oxygen atoms in total. The van der Waals surface area contributed by atoms with Crippen molar-refractivity contribution < 1.29 is 4.79 Å². The Balaban J connectivity index is 0.00000220. The average molecular weight is 348 g/mol. The highest BCUT2D eigenvalue weighted by Gasteiger charge is 2.17. The number of hydrogen-bond donors (Lipinski definition) is 2. The summed E-state index contributed by atoms with van der Waals surface area (Å²) in [6, 6.07) is 8.30. The molecule has 2 N–H and O–H groups in total. The van der Waals surface area contributed by atoms with Crippen LogP contribution in [0.1, 0.15) is 24.0 Å². The van der Waals surface area contributed by atoms with Gasteiger partial charge in [0.15, 0.2) is 0 Å². The van der Waals surface area contributed by atoms with E-state index < -0.39 is 0 Å². The van der Waals surface area contributed by atoms with Crippen molar-refractivity contribution in [1.82, 2.24) is 15.5 Å². The molecule has 1 aliphatic heterocycles. The summed E-state index contributed by atoms with van der Waals surface area (Å²) in [5.41, 5.74) is 2.49. The Kier molecular flexibility index (Phi) is 10.4. The first-order valence-electron chi connectivity index (χ1n) is 7.34. The predicted octanol–water partition coefficient (Wildman–Crippen LogP) is 2.21. The smallest absolute Gasteiger partial charge is 0.220 e. The third kappa shape index (κ3) is 6.97. The number of nitrogens with zero attached hydrogens (tertiary/aromatic N) is 1. The molecular formula is C16H27Cl2N3O. The fourth-order valence-corrected chi connectivity index (χ4v) is 2.64. The number of halogens is 2. The second kappa shape index (κ2) is 10.8. The van der Waals surface area contributed by atoms with Crippen LogP contribution in [0.5, 0.6) is 0 Å². The summed E-state index contributed by atoms with van der Waals surface area (Å²) in [5, 5.41) is 6.35. The van der Waals surface area contributed by atoms with Crippen LogP contribution < -0.4 is 10.6 Å². The largest absolute Gasteiger partial charge is 0.352 e. The highest BCUT2D eigenvalue weighted by molar-refractivity contribution is 5.85. The molecule has 1 atom stereocenters. The normalized spacial score (nSPS) is 16.8. The zero-order valence-corrected chi connectivity index (χ0v) is 14.9. The van der Waals surface area contributed by atoms with Gasteiger partial charge in [-0.25, -0.2) is 0 Å². The van der Waals surface area contributed by atoms with E-state index in [1.54, 1.807) is 0 Å². The molecule has 1 amide bonds. The van der Waals surface area contributed by atoms with Crippen molar-refractivity contribution in [2.45, 2.75) is 25.9 Å². The third-order valence-corrected chi connectivity index (χ3v) is 3.72.